The molecule has 2 atom stereocenters. The van der Waals surface area contributed by atoms with E-state index in [-0.39, 0.29) is 55.2 Å². The number of rotatable bonds is 5. The van der Waals surface area contributed by atoms with Gasteiger partial charge in [0.1, 0.15) is 11.9 Å². The summed E-state index contributed by atoms with van der Waals surface area (Å²) in [6.07, 6.45) is 0.494. The number of ether oxygens (including phenoxy) is 1. The van der Waals surface area contributed by atoms with Crippen LogP contribution in [0.15, 0.2) is 42.5 Å². The van der Waals surface area contributed by atoms with Gasteiger partial charge in [0.05, 0.1) is 12.1 Å². The van der Waals surface area contributed by atoms with Crippen LogP contribution >= 0.6 is 0 Å². The number of carbonyl (C=O) groups excluding carboxylic acids is 3. The highest BCUT2D eigenvalue weighted by Gasteiger charge is 2.41. The smallest absolute Gasteiger partial charge is 0.416 e. The molecule has 0 aromatic heterocycles. The van der Waals surface area contributed by atoms with Crippen molar-refractivity contribution in [3.8, 4) is 5.75 Å². The number of nitrogens with zero attached hydrogens (tertiary/aromatic N) is 3. The lowest BCUT2D eigenvalue weighted by molar-refractivity contribution is -0.163. The molecule has 2 aromatic rings. The third-order valence-electron chi connectivity index (χ3n) is 8.38. The monoisotopic (exact) mass is 541 g/mol. The summed E-state index contributed by atoms with van der Waals surface area (Å²) in [5.74, 6) is -0.380. The molecule has 7 nitrogen and oxygen atoms in total. The lowest BCUT2D eigenvalue weighted by atomic mass is 9.84. The summed E-state index contributed by atoms with van der Waals surface area (Å²) in [5, 5.41) is 2.23. The van der Waals surface area contributed by atoms with Crippen LogP contribution in [0.5, 0.6) is 5.75 Å². The molecule has 39 heavy (non-hydrogen) atoms. The number of benzene rings is 2. The summed E-state index contributed by atoms with van der Waals surface area (Å²) >= 11 is 0. The van der Waals surface area contributed by atoms with Crippen LogP contribution in [0, 0.1) is 0 Å². The molecular weight excluding hydrogens is 511 g/mol. The minimum Gasteiger partial charge on any atom is -0.489 e. The van der Waals surface area contributed by atoms with Gasteiger partial charge in [-0.1, -0.05) is 24.6 Å². The Morgan fingerprint density at radius 2 is 1.62 bits per heavy atom. The molecule has 2 saturated heterocycles. The predicted octanol–water partition coefficient (Wildman–Crippen LogP) is 4.90. The molecule has 1 aliphatic carbocycles. The van der Waals surface area contributed by atoms with Crippen molar-refractivity contribution in [2.75, 3.05) is 13.1 Å². The van der Waals surface area contributed by atoms with Gasteiger partial charge in [0, 0.05) is 43.5 Å². The number of likely N-dealkylation sites (tertiary alicyclic amines) is 1. The van der Waals surface area contributed by atoms with Crippen molar-refractivity contribution in [2.24, 2.45) is 0 Å². The van der Waals surface area contributed by atoms with Crippen molar-refractivity contribution in [1.82, 2.24) is 14.9 Å². The zero-order chi connectivity index (χ0) is 27.3. The van der Waals surface area contributed by atoms with Crippen molar-refractivity contribution in [1.29, 1.82) is 0 Å². The number of hydrogen-bond acceptors (Lipinski definition) is 5. The molecule has 3 aliphatic heterocycles. The molecule has 0 radical (unpaired) electrons. The number of alkyl halides is 3. The number of halogens is 3. The van der Waals surface area contributed by atoms with Crippen molar-refractivity contribution >= 4 is 17.7 Å². The average molecular weight is 542 g/mol. The Hall–Kier alpha value is -3.40. The molecule has 3 fully saturated rings. The van der Waals surface area contributed by atoms with Gasteiger partial charge in [-0.05, 0) is 61.1 Å². The van der Waals surface area contributed by atoms with Crippen molar-refractivity contribution in [3.05, 3.63) is 64.7 Å². The number of hydrogen-bond donors (Lipinski definition) is 0. The topological polar surface area (TPSA) is 70.2 Å². The second-order valence-electron chi connectivity index (χ2n) is 10.9. The molecule has 2 aromatic carbocycles. The first-order valence-corrected chi connectivity index (χ1v) is 13.6. The molecule has 0 N–H and O–H groups in total. The van der Waals surface area contributed by atoms with Crippen LogP contribution in [-0.2, 0) is 22.3 Å². The van der Waals surface area contributed by atoms with E-state index >= 15 is 0 Å². The van der Waals surface area contributed by atoms with Crippen LogP contribution in [0.25, 0.3) is 0 Å². The first-order valence-electron chi connectivity index (χ1n) is 13.6. The fraction of sp³-hybridized carbons (Fsp3) is 0.483. The van der Waals surface area contributed by atoms with Crippen molar-refractivity contribution in [2.45, 2.75) is 75.7 Å². The normalized spacial score (nSPS) is 24.6. The highest BCUT2D eigenvalue weighted by Crippen LogP contribution is 2.38. The van der Waals surface area contributed by atoms with E-state index in [1.807, 2.05) is 6.07 Å². The van der Waals surface area contributed by atoms with E-state index in [0.717, 1.165) is 36.8 Å². The molecule has 0 bridgehead atoms. The van der Waals surface area contributed by atoms with E-state index in [1.54, 1.807) is 18.2 Å². The molecule has 10 heteroatoms. The van der Waals surface area contributed by atoms with Crippen LogP contribution in [0.2, 0.25) is 0 Å². The van der Waals surface area contributed by atoms with Gasteiger partial charge < -0.3 is 4.74 Å². The van der Waals surface area contributed by atoms with Crippen LogP contribution in [0.1, 0.15) is 77.9 Å². The van der Waals surface area contributed by atoms with Gasteiger partial charge in [-0.3, -0.25) is 19.3 Å². The Morgan fingerprint density at radius 3 is 2.36 bits per heavy atom. The summed E-state index contributed by atoms with van der Waals surface area (Å²) in [7, 11) is 0. The molecule has 3 heterocycles. The van der Waals surface area contributed by atoms with Crippen LogP contribution in [0.3, 0.4) is 0 Å². The SMILES string of the molecule is O=C1c2ccc(O[C@@H]3CCCC[C@@H]3N3CC(c4cccc(C(F)(F)F)c4)C3)cc2CN1N1C(=O)CCCC1=O. The maximum Gasteiger partial charge on any atom is 0.416 e. The summed E-state index contributed by atoms with van der Waals surface area (Å²) in [5.41, 5.74) is 1.28. The fourth-order valence-corrected chi connectivity index (χ4v) is 6.30. The second kappa shape index (κ2) is 9.97. The molecule has 0 unspecified atom stereocenters. The Bertz CT molecular complexity index is 1290. The maximum atomic E-state index is 13.2. The predicted molar refractivity (Wildman–Crippen MR) is 134 cm³/mol. The van der Waals surface area contributed by atoms with E-state index in [0.29, 0.717) is 42.0 Å². The van der Waals surface area contributed by atoms with E-state index in [1.165, 1.54) is 17.1 Å². The van der Waals surface area contributed by atoms with Gasteiger partial charge in [-0.15, -0.1) is 0 Å². The first-order chi connectivity index (χ1) is 18.7. The van der Waals surface area contributed by atoms with E-state index < -0.39 is 11.7 Å². The third kappa shape index (κ3) is 4.90. The number of carbonyl (C=O) groups is 3. The number of fused-ring (bicyclic) bond motifs is 1. The Balaban J connectivity index is 1.12. The van der Waals surface area contributed by atoms with E-state index in [2.05, 4.69) is 4.90 Å². The van der Waals surface area contributed by atoms with E-state index in [9.17, 15) is 27.6 Å². The average Bonchev–Trinajstić information content (AvgIpc) is 3.19. The van der Waals surface area contributed by atoms with E-state index in [4.69, 9.17) is 4.74 Å². The third-order valence-corrected chi connectivity index (χ3v) is 8.38. The molecular formula is C29H30F3N3O4. The summed E-state index contributed by atoms with van der Waals surface area (Å²) in [6.45, 7) is 1.52. The largest absolute Gasteiger partial charge is 0.489 e. The van der Waals surface area contributed by atoms with Gasteiger partial charge in [0.15, 0.2) is 0 Å². The molecule has 3 amide bonds. The minimum atomic E-state index is -4.35. The number of imide groups is 1. The van der Waals surface area contributed by atoms with Crippen molar-refractivity contribution in [3.63, 3.8) is 0 Å². The van der Waals surface area contributed by atoms with Gasteiger partial charge >= 0.3 is 6.18 Å². The molecule has 6 rings (SSSR count). The highest BCUT2D eigenvalue weighted by atomic mass is 19.4. The van der Waals surface area contributed by atoms with Gasteiger partial charge in [0.25, 0.3) is 5.91 Å². The zero-order valence-corrected chi connectivity index (χ0v) is 21.5. The summed E-state index contributed by atoms with van der Waals surface area (Å²) in [6, 6.07) is 11.0. The van der Waals surface area contributed by atoms with Crippen LogP contribution < -0.4 is 4.74 Å². The highest BCUT2D eigenvalue weighted by molar-refractivity contribution is 6.04. The molecule has 0 spiro atoms. The summed E-state index contributed by atoms with van der Waals surface area (Å²) in [4.78, 5) is 40.0. The molecule has 4 aliphatic rings. The second-order valence-corrected chi connectivity index (χ2v) is 10.9. The van der Waals surface area contributed by atoms with Gasteiger partial charge in [-0.25, -0.2) is 5.01 Å². The first kappa shape index (κ1) is 25.9. The fourth-order valence-electron chi connectivity index (χ4n) is 6.30. The van der Waals surface area contributed by atoms with Gasteiger partial charge in [0.2, 0.25) is 11.8 Å². The number of amides is 3. The zero-order valence-electron chi connectivity index (χ0n) is 21.5. The summed E-state index contributed by atoms with van der Waals surface area (Å²) < 4.78 is 45.9. The lowest BCUT2D eigenvalue weighted by Crippen LogP contribution is -2.57. The Kier molecular flexibility index (Phi) is 6.61. The van der Waals surface area contributed by atoms with Crippen LogP contribution in [0.4, 0.5) is 13.2 Å². The number of piperidine rings is 1. The quantitative estimate of drug-likeness (QED) is 0.504. The number of hydrazine groups is 1. The minimum absolute atomic E-state index is 0.0621. The maximum absolute atomic E-state index is 13.2. The molecule has 206 valence electrons. The lowest BCUT2D eigenvalue weighted by Gasteiger charge is -2.48. The van der Waals surface area contributed by atoms with Crippen LogP contribution in [-0.4, -0.2) is 57.9 Å². The van der Waals surface area contributed by atoms with Gasteiger partial charge in [-0.2, -0.15) is 18.2 Å². The standard InChI is InChI=1S/C29H30F3N3O4/c30-29(31,32)21-6-3-5-18(13-21)20-15-33(16-20)24-7-1-2-8-25(24)39-22-11-12-23-19(14-22)17-34(28(23)38)35-26(36)9-4-10-27(35)37/h3,5-6,11-14,20,24-25H,1-2,4,7-10,15-17H2/t24-,25+/m0/s1. The Morgan fingerprint density at radius 1 is 0.872 bits per heavy atom. The Labute approximate surface area is 224 Å². The van der Waals surface area contributed by atoms with Crippen molar-refractivity contribution < 1.29 is 32.3 Å². The molecule has 1 saturated carbocycles.